The van der Waals surface area contributed by atoms with Gasteiger partial charge in [0.2, 0.25) is 0 Å². The van der Waals surface area contributed by atoms with E-state index in [1.165, 1.54) is 12.1 Å². The van der Waals surface area contributed by atoms with Crippen molar-refractivity contribution in [3.05, 3.63) is 65.0 Å². The number of hydrogen-bond acceptors (Lipinski definition) is 1. The molecule has 0 saturated carbocycles. The van der Waals surface area contributed by atoms with Crippen LogP contribution in [0.5, 0.6) is 5.75 Å². The van der Waals surface area contributed by atoms with Crippen molar-refractivity contribution in [2.24, 2.45) is 0 Å². The molecule has 0 N–H and O–H groups in total. The van der Waals surface area contributed by atoms with Gasteiger partial charge in [-0.1, -0.05) is 34.1 Å². The third kappa shape index (κ3) is 3.33. The second-order valence-corrected chi connectivity index (χ2v) is 4.70. The number of rotatable bonds is 4. The van der Waals surface area contributed by atoms with Crippen LogP contribution in [0.2, 0.25) is 0 Å². The number of aryl methyl sites for hydroxylation is 1. The lowest BCUT2D eigenvalue weighted by molar-refractivity contribution is 0.304. The normalized spacial score (nSPS) is 10.4. The first kappa shape index (κ1) is 13.1. The maximum Gasteiger partial charge on any atom is 0.123 e. The lowest BCUT2D eigenvalue weighted by atomic mass is 10.1. The quantitative estimate of drug-likeness (QED) is 0.750. The van der Waals surface area contributed by atoms with Crippen LogP contribution in [0.15, 0.2) is 42.5 Å². The van der Waals surface area contributed by atoms with Crippen LogP contribution in [-0.4, -0.2) is 0 Å². The van der Waals surface area contributed by atoms with Crippen molar-refractivity contribution in [3.63, 3.8) is 0 Å². The second-order valence-electron chi connectivity index (χ2n) is 4.14. The summed E-state index contributed by atoms with van der Waals surface area (Å²) in [5.41, 5.74) is 3.07. The van der Waals surface area contributed by atoms with Gasteiger partial charge in [0.15, 0.2) is 0 Å². The summed E-state index contributed by atoms with van der Waals surface area (Å²) in [7, 11) is 0. The highest BCUT2D eigenvalue weighted by molar-refractivity contribution is 9.08. The van der Waals surface area contributed by atoms with Gasteiger partial charge in [-0.3, -0.25) is 0 Å². The van der Waals surface area contributed by atoms with Gasteiger partial charge in [-0.2, -0.15) is 0 Å². The van der Waals surface area contributed by atoms with Gasteiger partial charge in [0, 0.05) is 5.33 Å². The highest BCUT2D eigenvalue weighted by Gasteiger charge is 2.02. The third-order valence-corrected chi connectivity index (χ3v) is 3.41. The first-order valence-corrected chi connectivity index (χ1v) is 6.84. The average molecular weight is 309 g/mol. The Hall–Kier alpha value is -1.35. The minimum absolute atomic E-state index is 0.228. The van der Waals surface area contributed by atoms with E-state index in [4.69, 9.17) is 4.74 Å². The van der Waals surface area contributed by atoms with Crippen LogP contribution in [0.25, 0.3) is 0 Å². The van der Waals surface area contributed by atoms with Crippen molar-refractivity contribution in [2.75, 3.05) is 0 Å². The Morgan fingerprint density at radius 3 is 2.78 bits per heavy atom. The molecule has 0 aliphatic rings. The number of alkyl halides is 1. The highest BCUT2D eigenvalue weighted by Crippen LogP contribution is 2.18. The van der Waals surface area contributed by atoms with E-state index >= 15 is 0 Å². The van der Waals surface area contributed by atoms with Crippen molar-refractivity contribution >= 4 is 15.9 Å². The molecule has 0 fully saturated rings. The van der Waals surface area contributed by atoms with E-state index in [1.54, 1.807) is 6.07 Å². The van der Waals surface area contributed by atoms with Gasteiger partial charge >= 0.3 is 0 Å². The fourth-order valence-electron chi connectivity index (χ4n) is 1.68. The van der Waals surface area contributed by atoms with Crippen LogP contribution in [0.3, 0.4) is 0 Å². The molecule has 94 valence electrons. The fraction of sp³-hybridized carbons (Fsp3) is 0.200. The first-order chi connectivity index (χ1) is 8.69. The molecule has 0 bridgehead atoms. The number of halogens is 2. The Morgan fingerprint density at radius 2 is 2.00 bits per heavy atom. The molecule has 0 spiro atoms. The van der Waals surface area contributed by atoms with Crippen molar-refractivity contribution in [1.29, 1.82) is 0 Å². The van der Waals surface area contributed by atoms with Crippen LogP contribution in [0.1, 0.15) is 16.7 Å². The highest BCUT2D eigenvalue weighted by atomic mass is 79.9. The summed E-state index contributed by atoms with van der Waals surface area (Å²) in [6.07, 6.45) is 0. The topological polar surface area (TPSA) is 9.23 Å². The Balaban J connectivity index is 2.08. The summed E-state index contributed by atoms with van der Waals surface area (Å²) in [5, 5.41) is 0.795. The molecule has 0 atom stereocenters. The fourth-order valence-corrected chi connectivity index (χ4v) is 2.02. The predicted octanol–water partition coefficient (Wildman–Crippen LogP) is 4.61. The van der Waals surface area contributed by atoms with E-state index in [2.05, 4.69) is 15.9 Å². The zero-order chi connectivity index (χ0) is 13.0. The maximum absolute atomic E-state index is 13.1. The minimum atomic E-state index is -0.228. The van der Waals surface area contributed by atoms with Crippen molar-refractivity contribution in [3.8, 4) is 5.75 Å². The summed E-state index contributed by atoms with van der Waals surface area (Å²) >= 11 is 3.40. The van der Waals surface area contributed by atoms with Gasteiger partial charge in [-0.15, -0.1) is 0 Å². The lowest BCUT2D eigenvalue weighted by Crippen LogP contribution is -1.99. The van der Waals surface area contributed by atoms with Crippen LogP contribution in [-0.2, 0) is 11.9 Å². The molecule has 0 amide bonds. The van der Waals surface area contributed by atoms with Gasteiger partial charge in [0.1, 0.15) is 18.2 Å². The SMILES string of the molecule is Cc1ccc(F)cc1COc1cccc(CBr)c1. The summed E-state index contributed by atoms with van der Waals surface area (Å²) in [4.78, 5) is 0. The Morgan fingerprint density at radius 1 is 1.17 bits per heavy atom. The largest absolute Gasteiger partial charge is 0.489 e. The summed E-state index contributed by atoms with van der Waals surface area (Å²) in [6.45, 7) is 2.34. The van der Waals surface area contributed by atoms with E-state index in [9.17, 15) is 4.39 Å². The Bertz CT molecular complexity index is 540. The van der Waals surface area contributed by atoms with Crippen molar-refractivity contribution in [2.45, 2.75) is 18.9 Å². The van der Waals surface area contributed by atoms with Gasteiger partial charge in [-0.25, -0.2) is 4.39 Å². The molecule has 0 unspecified atom stereocenters. The van der Waals surface area contributed by atoms with E-state index < -0.39 is 0 Å². The molecular formula is C15H14BrFO. The van der Waals surface area contributed by atoms with E-state index in [1.807, 2.05) is 31.2 Å². The molecule has 0 aliphatic carbocycles. The standard InChI is InChI=1S/C15H14BrFO/c1-11-5-6-14(17)8-13(11)10-18-15-4-2-3-12(7-15)9-16/h2-8H,9-10H2,1H3. The van der Waals surface area contributed by atoms with Crippen LogP contribution >= 0.6 is 15.9 Å². The second kappa shape index (κ2) is 6.01. The van der Waals surface area contributed by atoms with Crippen LogP contribution in [0, 0.1) is 12.7 Å². The van der Waals surface area contributed by atoms with E-state index in [-0.39, 0.29) is 5.82 Å². The minimum Gasteiger partial charge on any atom is -0.489 e. The third-order valence-electron chi connectivity index (χ3n) is 2.76. The molecule has 0 saturated heterocycles. The first-order valence-electron chi connectivity index (χ1n) is 5.72. The summed E-state index contributed by atoms with van der Waals surface area (Å²) in [5.74, 6) is 0.573. The predicted molar refractivity (Wildman–Crippen MR) is 74.5 cm³/mol. The van der Waals surface area contributed by atoms with Crippen LogP contribution < -0.4 is 4.74 Å². The molecule has 2 aromatic rings. The van der Waals surface area contributed by atoms with Crippen molar-refractivity contribution < 1.29 is 9.13 Å². The monoisotopic (exact) mass is 308 g/mol. The molecule has 18 heavy (non-hydrogen) atoms. The smallest absolute Gasteiger partial charge is 0.123 e. The molecule has 0 heterocycles. The van der Waals surface area contributed by atoms with Gasteiger partial charge in [0.05, 0.1) is 0 Å². The molecule has 0 aromatic heterocycles. The molecule has 0 aliphatic heterocycles. The number of benzene rings is 2. The van der Waals surface area contributed by atoms with Crippen molar-refractivity contribution in [1.82, 2.24) is 0 Å². The average Bonchev–Trinajstić information content (AvgIpc) is 2.40. The zero-order valence-electron chi connectivity index (χ0n) is 10.1. The molecule has 1 nitrogen and oxygen atoms in total. The lowest BCUT2D eigenvalue weighted by Gasteiger charge is -2.09. The van der Waals surface area contributed by atoms with Gasteiger partial charge in [-0.05, 0) is 47.9 Å². The molecule has 2 aromatic carbocycles. The number of hydrogen-bond donors (Lipinski definition) is 0. The Labute approximate surface area is 115 Å². The summed E-state index contributed by atoms with van der Waals surface area (Å²) in [6, 6.07) is 12.6. The summed E-state index contributed by atoms with van der Waals surface area (Å²) < 4.78 is 18.8. The zero-order valence-corrected chi connectivity index (χ0v) is 11.7. The molecule has 3 heteroatoms. The van der Waals surface area contributed by atoms with E-state index in [0.29, 0.717) is 6.61 Å². The van der Waals surface area contributed by atoms with E-state index in [0.717, 1.165) is 27.8 Å². The Kier molecular flexibility index (Phi) is 4.37. The van der Waals surface area contributed by atoms with Gasteiger partial charge < -0.3 is 4.74 Å². The molecular weight excluding hydrogens is 295 g/mol. The molecule has 2 rings (SSSR count). The van der Waals surface area contributed by atoms with Crippen LogP contribution in [0.4, 0.5) is 4.39 Å². The molecule has 0 radical (unpaired) electrons. The van der Waals surface area contributed by atoms with Gasteiger partial charge in [0.25, 0.3) is 0 Å². The number of ether oxygens (including phenoxy) is 1. The maximum atomic E-state index is 13.1.